The lowest BCUT2D eigenvalue weighted by Crippen LogP contribution is -2.48. The van der Waals surface area contributed by atoms with Gasteiger partial charge in [0.15, 0.2) is 0 Å². The predicted octanol–water partition coefficient (Wildman–Crippen LogP) is 2.41. The highest BCUT2D eigenvalue weighted by molar-refractivity contribution is 5.78. The number of nitrogens with zero attached hydrogens (tertiary/aromatic N) is 2. The molecule has 1 aliphatic carbocycles. The molecule has 1 saturated carbocycles. The Kier molecular flexibility index (Phi) is 4.89. The van der Waals surface area contributed by atoms with E-state index < -0.39 is 11.9 Å². The first-order valence-corrected chi connectivity index (χ1v) is 7.83. The predicted molar refractivity (Wildman–Crippen MR) is 76.5 cm³/mol. The highest BCUT2D eigenvalue weighted by Crippen LogP contribution is 2.27. The minimum absolute atomic E-state index is 0.0370. The van der Waals surface area contributed by atoms with Gasteiger partial charge in [0.1, 0.15) is 0 Å². The standard InChI is InChI=1S/C15H26N2O3/c1-3-17(12-7-5-4-6-8-12)15(20)16-9-11(2)13(10-16)14(18)19/h11-13H,3-10H2,1-2H3,(H,18,19). The van der Waals surface area contributed by atoms with Gasteiger partial charge in [0, 0.05) is 25.7 Å². The van der Waals surface area contributed by atoms with Crippen LogP contribution in [0.2, 0.25) is 0 Å². The highest BCUT2D eigenvalue weighted by atomic mass is 16.4. The van der Waals surface area contributed by atoms with E-state index in [0.717, 1.165) is 12.8 Å². The third-order valence-electron chi connectivity index (χ3n) is 4.80. The smallest absolute Gasteiger partial charge is 0.320 e. The molecular formula is C15H26N2O3. The van der Waals surface area contributed by atoms with E-state index in [1.54, 1.807) is 4.90 Å². The summed E-state index contributed by atoms with van der Waals surface area (Å²) in [5.41, 5.74) is 0. The quantitative estimate of drug-likeness (QED) is 0.864. The summed E-state index contributed by atoms with van der Waals surface area (Å²) in [6.45, 7) is 5.58. The maximum absolute atomic E-state index is 12.6. The topological polar surface area (TPSA) is 60.9 Å². The Morgan fingerprint density at radius 3 is 2.35 bits per heavy atom. The third kappa shape index (κ3) is 3.07. The molecule has 5 heteroatoms. The van der Waals surface area contributed by atoms with E-state index >= 15 is 0 Å². The van der Waals surface area contributed by atoms with Crippen molar-refractivity contribution in [2.45, 2.75) is 52.0 Å². The van der Waals surface area contributed by atoms with Crippen LogP contribution >= 0.6 is 0 Å². The molecule has 2 fully saturated rings. The average molecular weight is 282 g/mol. The largest absolute Gasteiger partial charge is 0.481 e. The lowest BCUT2D eigenvalue weighted by molar-refractivity contribution is -0.142. The van der Waals surface area contributed by atoms with Crippen molar-refractivity contribution in [3.05, 3.63) is 0 Å². The molecule has 1 aliphatic heterocycles. The molecule has 2 unspecified atom stereocenters. The van der Waals surface area contributed by atoms with Crippen LogP contribution in [0.4, 0.5) is 4.79 Å². The minimum Gasteiger partial charge on any atom is -0.481 e. The average Bonchev–Trinajstić information content (AvgIpc) is 2.83. The van der Waals surface area contributed by atoms with Crippen LogP contribution in [-0.4, -0.2) is 52.6 Å². The van der Waals surface area contributed by atoms with Crippen LogP contribution < -0.4 is 0 Å². The Balaban J connectivity index is 2.00. The maximum Gasteiger partial charge on any atom is 0.320 e. The molecule has 0 aromatic carbocycles. The number of likely N-dealkylation sites (tertiary alicyclic amines) is 1. The summed E-state index contributed by atoms with van der Waals surface area (Å²) < 4.78 is 0. The van der Waals surface area contributed by atoms with E-state index in [1.807, 2.05) is 18.7 Å². The van der Waals surface area contributed by atoms with Gasteiger partial charge >= 0.3 is 12.0 Å². The van der Waals surface area contributed by atoms with Gasteiger partial charge in [-0.05, 0) is 25.7 Å². The monoisotopic (exact) mass is 282 g/mol. The number of aliphatic carboxylic acids is 1. The Morgan fingerprint density at radius 1 is 1.20 bits per heavy atom. The molecule has 1 saturated heterocycles. The molecule has 2 aliphatic rings. The lowest BCUT2D eigenvalue weighted by Gasteiger charge is -2.36. The number of rotatable bonds is 3. The van der Waals surface area contributed by atoms with Crippen molar-refractivity contribution in [3.63, 3.8) is 0 Å². The lowest BCUT2D eigenvalue weighted by atomic mass is 9.94. The van der Waals surface area contributed by atoms with Crippen LogP contribution in [-0.2, 0) is 4.79 Å². The van der Waals surface area contributed by atoms with E-state index in [1.165, 1.54) is 19.3 Å². The summed E-state index contributed by atoms with van der Waals surface area (Å²) in [4.78, 5) is 27.5. The Labute approximate surface area is 120 Å². The van der Waals surface area contributed by atoms with Crippen molar-refractivity contribution in [3.8, 4) is 0 Å². The molecule has 0 spiro atoms. The zero-order valence-electron chi connectivity index (χ0n) is 12.5. The van der Waals surface area contributed by atoms with E-state index in [0.29, 0.717) is 25.7 Å². The Bertz CT molecular complexity index is 366. The molecule has 2 amide bonds. The van der Waals surface area contributed by atoms with Gasteiger partial charge in [-0.3, -0.25) is 4.79 Å². The number of hydrogen-bond acceptors (Lipinski definition) is 2. The number of urea groups is 1. The molecule has 5 nitrogen and oxygen atoms in total. The Hall–Kier alpha value is -1.26. The van der Waals surface area contributed by atoms with Crippen molar-refractivity contribution in [2.75, 3.05) is 19.6 Å². The molecule has 1 heterocycles. The van der Waals surface area contributed by atoms with Crippen LogP contribution in [0.15, 0.2) is 0 Å². The first-order valence-electron chi connectivity index (χ1n) is 7.83. The van der Waals surface area contributed by atoms with Gasteiger partial charge < -0.3 is 14.9 Å². The number of carboxylic acid groups (broad SMARTS) is 1. The highest BCUT2D eigenvalue weighted by Gasteiger charge is 2.39. The second-order valence-electron chi connectivity index (χ2n) is 6.19. The molecule has 2 atom stereocenters. The van der Waals surface area contributed by atoms with Crippen molar-refractivity contribution in [1.29, 1.82) is 0 Å². The van der Waals surface area contributed by atoms with Gasteiger partial charge in [0.25, 0.3) is 0 Å². The van der Waals surface area contributed by atoms with Gasteiger partial charge in [-0.2, -0.15) is 0 Å². The summed E-state index contributed by atoms with van der Waals surface area (Å²) in [5, 5.41) is 9.18. The molecular weight excluding hydrogens is 256 g/mol. The van der Waals surface area contributed by atoms with Crippen LogP contribution in [0, 0.1) is 11.8 Å². The summed E-state index contributed by atoms with van der Waals surface area (Å²) in [6, 6.07) is 0.385. The van der Waals surface area contributed by atoms with E-state index in [2.05, 4.69) is 0 Å². The number of carbonyl (C=O) groups is 2. The van der Waals surface area contributed by atoms with Gasteiger partial charge in [-0.15, -0.1) is 0 Å². The van der Waals surface area contributed by atoms with Crippen molar-refractivity contribution >= 4 is 12.0 Å². The van der Waals surface area contributed by atoms with E-state index in [-0.39, 0.29) is 11.9 Å². The van der Waals surface area contributed by atoms with Crippen LogP contribution in [0.1, 0.15) is 46.0 Å². The first-order chi connectivity index (χ1) is 9.54. The molecule has 20 heavy (non-hydrogen) atoms. The van der Waals surface area contributed by atoms with E-state index in [4.69, 9.17) is 0 Å². The zero-order valence-corrected chi connectivity index (χ0v) is 12.5. The number of carbonyl (C=O) groups excluding carboxylic acids is 1. The van der Waals surface area contributed by atoms with Crippen molar-refractivity contribution in [2.24, 2.45) is 11.8 Å². The third-order valence-corrected chi connectivity index (χ3v) is 4.80. The summed E-state index contributed by atoms with van der Waals surface area (Å²) in [5.74, 6) is -1.15. The molecule has 0 aromatic rings. The maximum atomic E-state index is 12.6. The number of carboxylic acids is 1. The summed E-state index contributed by atoms with van der Waals surface area (Å²) in [6.07, 6.45) is 5.84. The first kappa shape index (κ1) is 15.1. The molecule has 1 N–H and O–H groups in total. The molecule has 0 bridgehead atoms. The van der Waals surface area contributed by atoms with Gasteiger partial charge in [-0.25, -0.2) is 4.79 Å². The van der Waals surface area contributed by atoms with Gasteiger partial charge in [-0.1, -0.05) is 26.2 Å². The van der Waals surface area contributed by atoms with Crippen LogP contribution in [0.5, 0.6) is 0 Å². The zero-order chi connectivity index (χ0) is 14.7. The van der Waals surface area contributed by atoms with Crippen molar-refractivity contribution in [1.82, 2.24) is 9.80 Å². The van der Waals surface area contributed by atoms with Crippen LogP contribution in [0.3, 0.4) is 0 Å². The summed E-state index contributed by atoms with van der Waals surface area (Å²) in [7, 11) is 0. The van der Waals surface area contributed by atoms with Gasteiger partial charge in [0.2, 0.25) is 0 Å². The van der Waals surface area contributed by atoms with Crippen LogP contribution in [0.25, 0.3) is 0 Å². The SMILES string of the molecule is CCN(C(=O)N1CC(C)C(C(=O)O)C1)C1CCCCC1. The second kappa shape index (κ2) is 6.46. The fraction of sp³-hybridized carbons (Fsp3) is 0.867. The molecule has 114 valence electrons. The van der Waals surface area contributed by atoms with E-state index in [9.17, 15) is 14.7 Å². The second-order valence-corrected chi connectivity index (χ2v) is 6.19. The normalized spacial score (nSPS) is 27.6. The van der Waals surface area contributed by atoms with Crippen molar-refractivity contribution < 1.29 is 14.7 Å². The summed E-state index contributed by atoms with van der Waals surface area (Å²) >= 11 is 0. The Morgan fingerprint density at radius 2 is 1.85 bits per heavy atom. The van der Waals surface area contributed by atoms with Gasteiger partial charge in [0.05, 0.1) is 5.92 Å². The molecule has 0 aromatic heterocycles. The minimum atomic E-state index is -0.784. The number of hydrogen-bond donors (Lipinski definition) is 1. The fourth-order valence-electron chi connectivity index (χ4n) is 3.57. The fourth-order valence-corrected chi connectivity index (χ4v) is 3.57. The molecule has 2 rings (SSSR count). The molecule has 0 radical (unpaired) electrons. The number of amides is 2.